The fraction of sp³-hybridized carbons (Fsp3) is 0.333. The predicted octanol–water partition coefficient (Wildman–Crippen LogP) is 1.60. The highest BCUT2D eigenvalue weighted by molar-refractivity contribution is 6.33. The van der Waals surface area contributed by atoms with Gasteiger partial charge in [-0.2, -0.15) is 10.4 Å². The molecule has 1 fully saturated rings. The first-order chi connectivity index (χ1) is 11.1. The Bertz CT molecular complexity index is 782. The third kappa shape index (κ3) is 3.18. The maximum atomic E-state index is 12.4. The average molecular weight is 332 g/mol. The van der Waals surface area contributed by atoms with Gasteiger partial charge in [0.05, 0.1) is 22.8 Å². The molecular formula is C15H14ClN5O2. The Hall–Kier alpha value is -2.43. The second-order valence-electron chi connectivity index (χ2n) is 5.27. The van der Waals surface area contributed by atoms with Crippen LogP contribution in [0, 0.1) is 11.3 Å². The summed E-state index contributed by atoms with van der Waals surface area (Å²) in [5.74, 6) is -0.385. The zero-order valence-corrected chi connectivity index (χ0v) is 13.1. The number of aryl methyl sites for hydroxylation is 1. The van der Waals surface area contributed by atoms with Crippen molar-refractivity contribution in [3.05, 3.63) is 46.5 Å². The van der Waals surface area contributed by atoms with E-state index >= 15 is 0 Å². The van der Waals surface area contributed by atoms with E-state index in [0.29, 0.717) is 18.6 Å². The van der Waals surface area contributed by atoms with E-state index in [1.165, 1.54) is 12.3 Å². The van der Waals surface area contributed by atoms with E-state index in [9.17, 15) is 4.79 Å². The van der Waals surface area contributed by atoms with Gasteiger partial charge in [0, 0.05) is 31.6 Å². The monoisotopic (exact) mass is 331 g/mol. The molecule has 23 heavy (non-hydrogen) atoms. The van der Waals surface area contributed by atoms with E-state index in [1.54, 1.807) is 10.9 Å². The summed E-state index contributed by atoms with van der Waals surface area (Å²) >= 11 is 6.03. The molecule has 2 aromatic rings. The Balaban J connectivity index is 1.76. The number of ether oxygens (including phenoxy) is 1. The van der Waals surface area contributed by atoms with Crippen LogP contribution in [-0.2, 0) is 11.8 Å². The van der Waals surface area contributed by atoms with Crippen LogP contribution in [0.2, 0.25) is 5.02 Å². The van der Waals surface area contributed by atoms with Gasteiger partial charge < -0.3 is 10.1 Å². The van der Waals surface area contributed by atoms with Gasteiger partial charge in [0.25, 0.3) is 5.91 Å². The predicted molar refractivity (Wildman–Crippen MR) is 81.7 cm³/mol. The molecule has 0 unspecified atom stereocenters. The molecule has 7 nitrogen and oxygen atoms in total. The van der Waals surface area contributed by atoms with Gasteiger partial charge in [-0.25, -0.2) is 4.98 Å². The van der Waals surface area contributed by atoms with Crippen LogP contribution in [0.4, 0.5) is 0 Å². The fourth-order valence-electron chi connectivity index (χ4n) is 2.56. The van der Waals surface area contributed by atoms with Crippen LogP contribution in [-0.4, -0.2) is 33.3 Å². The largest absolute Gasteiger partial charge is 0.371 e. The van der Waals surface area contributed by atoms with Crippen LogP contribution in [0.15, 0.2) is 24.7 Å². The zero-order valence-electron chi connectivity index (χ0n) is 12.4. The Morgan fingerprint density at radius 3 is 3.04 bits per heavy atom. The average Bonchev–Trinajstić information content (AvgIpc) is 3.15. The van der Waals surface area contributed by atoms with Gasteiger partial charge in [0.2, 0.25) is 0 Å². The van der Waals surface area contributed by atoms with Crippen molar-refractivity contribution < 1.29 is 9.53 Å². The van der Waals surface area contributed by atoms with E-state index in [-0.39, 0.29) is 28.8 Å². The van der Waals surface area contributed by atoms with Crippen LogP contribution in [0.1, 0.15) is 34.1 Å². The third-order valence-electron chi connectivity index (χ3n) is 3.65. The van der Waals surface area contributed by atoms with Crippen LogP contribution in [0.5, 0.6) is 0 Å². The molecule has 3 rings (SSSR count). The second-order valence-corrected chi connectivity index (χ2v) is 5.68. The number of nitrogens with zero attached hydrogens (tertiary/aromatic N) is 4. The van der Waals surface area contributed by atoms with E-state index in [4.69, 9.17) is 21.6 Å². The van der Waals surface area contributed by atoms with Crippen molar-refractivity contribution in [2.75, 3.05) is 6.61 Å². The lowest BCUT2D eigenvalue weighted by molar-refractivity contribution is 0.0818. The Kier molecular flexibility index (Phi) is 4.28. The molecule has 3 heterocycles. The molecule has 1 N–H and O–H groups in total. The quantitative estimate of drug-likeness (QED) is 0.922. The van der Waals surface area contributed by atoms with Gasteiger partial charge in [-0.1, -0.05) is 11.6 Å². The summed E-state index contributed by atoms with van der Waals surface area (Å²) in [7, 11) is 1.83. The number of rotatable bonds is 3. The number of hydrogen-bond acceptors (Lipinski definition) is 5. The number of carbonyl (C=O) groups is 1. The van der Waals surface area contributed by atoms with E-state index in [0.717, 1.165) is 5.56 Å². The minimum absolute atomic E-state index is 0.0995. The van der Waals surface area contributed by atoms with Crippen LogP contribution in [0.3, 0.4) is 0 Å². The molecule has 2 atom stereocenters. The molecule has 118 valence electrons. The molecular weight excluding hydrogens is 318 g/mol. The van der Waals surface area contributed by atoms with Crippen molar-refractivity contribution in [2.45, 2.75) is 18.6 Å². The maximum absolute atomic E-state index is 12.4. The number of amides is 1. The summed E-state index contributed by atoms with van der Waals surface area (Å²) in [5, 5.41) is 16.0. The van der Waals surface area contributed by atoms with E-state index in [2.05, 4.69) is 15.4 Å². The molecule has 0 bridgehead atoms. The maximum Gasteiger partial charge on any atom is 0.271 e. The number of aromatic nitrogens is 3. The summed E-state index contributed by atoms with van der Waals surface area (Å²) < 4.78 is 7.39. The molecule has 1 saturated heterocycles. The molecule has 0 radical (unpaired) electrons. The van der Waals surface area contributed by atoms with Crippen molar-refractivity contribution in [3.8, 4) is 6.07 Å². The van der Waals surface area contributed by atoms with Crippen molar-refractivity contribution in [3.63, 3.8) is 0 Å². The highest BCUT2D eigenvalue weighted by Crippen LogP contribution is 2.29. The van der Waals surface area contributed by atoms with Gasteiger partial charge in [0.15, 0.2) is 0 Å². The van der Waals surface area contributed by atoms with Crippen molar-refractivity contribution in [1.82, 2.24) is 20.1 Å². The summed E-state index contributed by atoms with van der Waals surface area (Å²) in [4.78, 5) is 16.4. The smallest absolute Gasteiger partial charge is 0.271 e. The lowest BCUT2D eigenvalue weighted by atomic mass is 10.1. The lowest BCUT2D eigenvalue weighted by Gasteiger charge is -2.18. The molecule has 8 heteroatoms. The van der Waals surface area contributed by atoms with Gasteiger partial charge in [-0.3, -0.25) is 9.48 Å². The molecule has 2 aromatic heterocycles. The number of nitriles is 1. The zero-order chi connectivity index (χ0) is 16.4. The van der Waals surface area contributed by atoms with Crippen molar-refractivity contribution in [1.29, 1.82) is 5.26 Å². The first-order valence-electron chi connectivity index (χ1n) is 7.05. The minimum atomic E-state index is -0.385. The molecule has 0 saturated carbocycles. The normalized spacial score (nSPS) is 20.2. The lowest BCUT2D eigenvalue weighted by Crippen LogP contribution is -2.37. The molecule has 0 aromatic carbocycles. The first kappa shape index (κ1) is 15.5. The first-order valence-corrected chi connectivity index (χ1v) is 7.43. The van der Waals surface area contributed by atoms with Gasteiger partial charge in [-0.05, 0) is 12.5 Å². The number of halogens is 1. The topological polar surface area (TPSA) is 92.8 Å². The summed E-state index contributed by atoms with van der Waals surface area (Å²) in [6, 6.07) is 3.17. The Labute approximate surface area is 137 Å². The van der Waals surface area contributed by atoms with Crippen molar-refractivity contribution >= 4 is 17.5 Å². The Morgan fingerprint density at radius 1 is 1.57 bits per heavy atom. The number of pyridine rings is 1. The number of hydrogen-bond donors (Lipinski definition) is 1. The number of carbonyl (C=O) groups excluding carboxylic acids is 1. The van der Waals surface area contributed by atoms with Crippen molar-refractivity contribution in [2.24, 2.45) is 7.05 Å². The van der Waals surface area contributed by atoms with Gasteiger partial charge in [0.1, 0.15) is 17.9 Å². The van der Waals surface area contributed by atoms with Gasteiger partial charge >= 0.3 is 0 Å². The highest BCUT2D eigenvalue weighted by Gasteiger charge is 2.32. The SMILES string of the molecule is Cn1cc([C@H]2OCC[C@@H]2NC(=O)c2ncc(C#N)cc2Cl)cn1. The standard InChI is InChI=1S/C15H14ClN5O2/c1-21-8-10(7-19-21)14-12(2-3-23-14)20-15(22)13-11(16)4-9(5-17)6-18-13/h4,6-8,12,14H,2-3H2,1H3,(H,20,22)/t12-,14+/m0/s1. The second kappa shape index (κ2) is 6.36. The van der Waals surface area contributed by atoms with E-state index in [1.807, 2.05) is 19.3 Å². The summed E-state index contributed by atoms with van der Waals surface area (Å²) in [6.45, 7) is 0.555. The molecule has 1 amide bonds. The molecule has 0 spiro atoms. The minimum Gasteiger partial charge on any atom is -0.371 e. The molecule has 0 aliphatic carbocycles. The highest BCUT2D eigenvalue weighted by atomic mass is 35.5. The van der Waals surface area contributed by atoms with Crippen LogP contribution in [0.25, 0.3) is 0 Å². The van der Waals surface area contributed by atoms with Gasteiger partial charge in [-0.15, -0.1) is 0 Å². The molecule has 1 aliphatic heterocycles. The van der Waals surface area contributed by atoms with Crippen LogP contribution >= 0.6 is 11.6 Å². The summed E-state index contributed by atoms with van der Waals surface area (Å²) in [5.41, 5.74) is 1.32. The Morgan fingerprint density at radius 2 is 2.39 bits per heavy atom. The van der Waals surface area contributed by atoms with E-state index < -0.39 is 0 Å². The number of nitrogens with one attached hydrogen (secondary N) is 1. The fourth-order valence-corrected chi connectivity index (χ4v) is 2.81. The molecule has 1 aliphatic rings. The van der Waals surface area contributed by atoms with Crippen LogP contribution < -0.4 is 5.32 Å². The third-order valence-corrected chi connectivity index (χ3v) is 3.94. The summed E-state index contributed by atoms with van der Waals surface area (Å²) in [6.07, 6.45) is 5.36.